The van der Waals surface area contributed by atoms with Gasteiger partial charge in [0.15, 0.2) is 0 Å². The largest absolute Gasteiger partial charge is 0.480 e. The van der Waals surface area contributed by atoms with Crippen LogP contribution in [0.1, 0.15) is 5.56 Å². The van der Waals surface area contributed by atoms with Crippen LogP contribution in [-0.2, 0) is 16.0 Å². The number of halogens is 1. The third kappa shape index (κ3) is 5.46. The van der Waals surface area contributed by atoms with Crippen molar-refractivity contribution in [1.82, 2.24) is 5.32 Å². The quantitative estimate of drug-likeness (QED) is 0.721. The molecule has 0 saturated heterocycles. The standard InChI is InChI=1S/C11H13N2O3.BrH/c12-7-10(14)13-9(11(15)16)6-8-4-2-1-3-5-8;/h1-4,9H,6-7,12H2,(H,13,14)(H,15,16);1H. The highest BCUT2D eigenvalue weighted by Crippen LogP contribution is 2.02. The van der Waals surface area contributed by atoms with Crippen LogP contribution in [-0.4, -0.2) is 29.6 Å². The van der Waals surface area contributed by atoms with E-state index in [0.29, 0.717) is 0 Å². The second-order valence-corrected chi connectivity index (χ2v) is 3.25. The normalized spacial score (nSPS) is 11.1. The first kappa shape index (κ1) is 15.6. The summed E-state index contributed by atoms with van der Waals surface area (Å²) in [5.74, 6) is -1.57. The van der Waals surface area contributed by atoms with Crippen LogP contribution in [0.25, 0.3) is 0 Å². The van der Waals surface area contributed by atoms with E-state index >= 15 is 0 Å². The van der Waals surface area contributed by atoms with Gasteiger partial charge >= 0.3 is 5.97 Å². The molecule has 1 aromatic rings. The Morgan fingerprint density at radius 3 is 2.65 bits per heavy atom. The van der Waals surface area contributed by atoms with E-state index in [0.717, 1.165) is 5.56 Å². The summed E-state index contributed by atoms with van der Waals surface area (Å²) in [4.78, 5) is 21.9. The molecule has 93 valence electrons. The van der Waals surface area contributed by atoms with Crippen molar-refractivity contribution in [2.24, 2.45) is 5.73 Å². The second-order valence-electron chi connectivity index (χ2n) is 3.25. The second kappa shape index (κ2) is 7.81. The summed E-state index contributed by atoms with van der Waals surface area (Å²) >= 11 is 0. The molecule has 1 unspecified atom stereocenters. The highest BCUT2D eigenvalue weighted by Gasteiger charge is 2.19. The van der Waals surface area contributed by atoms with Crippen molar-refractivity contribution in [3.05, 3.63) is 35.9 Å². The predicted octanol–water partition coefficient (Wildman–Crippen LogP) is 0.135. The Bertz CT molecular complexity index is 370. The van der Waals surface area contributed by atoms with Gasteiger partial charge in [-0.2, -0.15) is 0 Å². The molecule has 1 aromatic carbocycles. The molecule has 1 radical (unpaired) electrons. The number of carbonyl (C=O) groups is 2. The first-order valence-electron chi connectivity index (χ1n) is 4.81. The number of hydrogen-bond acceptors (Lipinski definition) is 3. The summed E-state index contributed by atoms with van der Waals surface area (Å²) in [6.07, 6.45) is 0.196. The monoisotopic (exact) mass is 301 g/mol. The van der Waals surface area contributed by atoms with Gasteiger partial charge in [-0.05, 0) is 11.6 Å². The maximum Gasteiger partial charge on any atom is 0.326 e. The van der Waals surface area contributed by atoms with Crippen molar-refractivity contribution >= 4 is 28.9 Å². The molecule has 1 rings (SSSR count). The van der Waals surface area contributed by atoms with Gasteiger partial charge in [-0.15, -0.1) is 17.0 Å². The fourth-order valence-corrected chi connectivity index (χ4v) is 1.23. The zero-order valence-electron chi connectivity index (χ0n) is 9.05. The fourth-order valence-electron chi connectivity index (χ4n) is 1.23. The summed E-state index contributed by atoms with van der Waals surface area (Å²) in [6.45, 7) is -0.220. The summed E-state index contributed by atoms with van der Waals surface area (Å²) in [6, 6.07) is 8.96. The maximum absolute atomic E-state index is 11.0. The molecule has 1 amide bonds. The van der Waals surface area contributed by atoms with Crippen LogP contribution < -0.4 is 11.1 Å². The van der Waals surface area contributed by atoms with Crippen LogP contribution in [0.3, 0.4) is 0 Å². The van der Waals surface area contributed by atoms with Gasteiger partial charge in [-0.25, -0.2) is 4.79 Å². The van der Waals surface area contributed by atoms with Gasteiger partial charge in [0.1, 0.15) is 6.04 Å². The van der Waals surface area contributed by atoms with E-state index in [4.69, 9.17) is 10.8 Å². The molecular formula is C11H14BrN2O3. The van der Waals surface area contributed by atoms with Gasteiger partial charge < -0.3 is 16.2 Å². The Labute approximate surface area is 110 Å². The molecule has 0 heterocycles. The lowest BCUT2D eigenvalue weighted by Gasteiger charge is -2.13. The van der Waals surface area contributed by atoms with Crippen molar-refractivity contribution in [1.29, 1.82) is 0 Å². The van der Waals surface area contributed by atoms with Crippen molar-refractivity contribution in [2.75, 3.05) is 6.54 Å². The number of aliphatic carboxylic acids is 1. The number of carbonyl (C=O) groups excluding carboxylic acids is 1. The van der Waals surface area contributed by atoms with E-state index in [2.05, 4.69) is 11.4 Å². The van der Waals surface area contributed by atoms with Crippen LogP contribution in [0, 0.1) is 6.07 Å². The average Bonchev–Trinajstić information content (AvgIpc) is 2.29. The molecule has 0 aliphatic rings. The number of amides is 1. The molecule has 4 N–H and O–H groups in total. The number of benzene rings is 1. The SMILES string of the molecule is Br.NCC(=O)NC(Cc1[c]cccc1)C(=O)O. The molecule has 0 aliphatic carbocycles. The molecule has 0 saturated carbocycles. The van der Waals surface area contributed by atoms with E-state index in [-0.39, 0.29) is 29.9 Å². The van der Waals surface area contributed by atoms with Crippen LogP contribution >= 0.6 is 17.0 Å². The third-order valence-corrected chi connectivity index (χ3v) is 2.02. The minimum absolute atomic E-state index is 0. The lowest BCUT2D eigenvalue weighted by atomic mass is 10.1. The molecule has 17 heavy (non-hydrogen) atoms. The van der Waals surface area contributed by atoms with Gasteiger partial charge in [0.25, 0.3) is 0 Å². The van der Waals surface area contributed by atoms with E-state index in [1.165, 1.54) is 0 Å². The van der Waals surface area contributed by atoms with E-state index in [1.807, 2.05) is 0 Å². The van der Waals surface area contributed by atoms with Crippen molar-refractivity contribution in [2.45, 2.75) is 12.5 Å². The Kier molecular flexibility index (Phi) is 7.16. The Morgan fingerprint density at radius 2 is 2.18 bits per heavy atom. The first-order chi connectivity index (χ1) is 7.63. The number of rotatable bonds is 5. The van der Waals surface area contributed by atoms with Gasteiger partial charge in [-0.3, -0.25) is 4.79 Å². The zero-order valence-corrected chi connectivity index (χ0v) is 10.8. The number of carboxylic acids is 1. The molecule has 5 nitrogen and oxygen atoms in total. The molecule has 0 aliphatic heterocycles. The lowest BCUT2D eigenvalue weighted by Crippen LogP contribution is -2.44. The third-order valence-electron chi connectivity index (χ3n) is 2.02. The van der Waals surface area contributed by atoms with Crippen molar-refractivity contribution in [3.8, 4) is 0 Å². The first-order valence-corrected chi connectivity index (χ1v) is 4.81. The lowest BCUT2D eigenvalue weighted by molar-refractivity contribution is -0.141. The van der Waals surface area contributed by atoms with Crippen LogP contribution in [0.4, 0.5) is 0 Å². The van der Waals surface area contributed by atoms with Gasteiger partial charge in [0, 0.05) is 6.42 Å². The summed E-state index contributed by atoms with van der Waals surface area (Å²) in [7, 11) is 0. The Hall–Kier alpha value is -1.40. The highest BCUT2D eigenvalue weighted by molar-refractivity contribution is 8.93. The van der Waals surface area contributed by atoms with Crippen LogP contribution in [0.15, 0.2) is 24.3 Å². The van der Waals surface area contributed by atoms with Crippen LogP contribution in [0.5, 0.6) is 0 Å². The van der Waals surface area contributed by atoms with E-state index < -0.39 is 17.9 Å². The summed E-state index contributed by atoms with van der Waals surface area (Å²) in [5, 5.41) is 11.2. The maximum atomic E-state index is 11.0. The molecular weight excluding hydrogens is 288 g/mol. The minimum Gasteiger partial charge on any atom is -0.480 e. The van der Waals surface area contributed by atoms with Crippen molar-refractivity contribution in [3.63, 3.8) is 0 Å². The Morgan fingerprint density at radius 1 is 1.47 bits per heavy atom. The predicted molar refractivity (Wildman–Crippen MR) is 67.9 cm³/mol. The van der Waals surface area contributed by atoms with Gasteiger partial charge in [-0.1, -0.05) is 24.3 Å². The zero-order chi connectivity index (χ0) is 12.0. The van der Waals surface area contributed by atoms with Gasteiger partial charge in [0.05, 0.1) is 6.54 Å². The molecule has 1 atom stereocenters. The Balaban J connectivity index is 0.00000256. The summed E-state index contributed by atoms with van der Waals surface area (Å²) < 4.78 is 0. The molecule has 6 heteroatoms. The number of carboxylic acid groups (broad SMARTS) is 1. The molecule has 0 aromatic heterocycles. The van der Waals surface area contributed by atoms with Crippen molar-refractivity contribution < 1.29 is 14.7 Å². The number of hydrogen-bond donors (Lipinski definition) is 3. The smallest absolute Gasteiger partial charge is 0.326 e. The molecule has 0 fully saturated rings. The number of nitrogens with one attached hydrogen (secondary N) is 1. The van der Waals surface area contributed by atoms with E-state index in [9.17, 15) is 9.59 Å². The molecule has 0 bridgehead atoms. The number of nitrogens with two attached hydrogens (primary N) is 1. The summed E-state index contributed by atoms with van der Waals surface area (Å²) in [5.41, 5.74) is 5.83. The highest BCUT2D eigenvalue weighted by atomic mass is 79.9. The van der Waals surface area contributed by atoms with Gasteiger partial charge in [0.2, 0.25) is 5.91 Å². The fraction of sp³-hybridized carbons (Fsp3) is 0.273. The average molecular weight is 302 g/mol. The molecule has 0 spiro atoms. The topological polar surface area (TPSA) is 92.4 Å². The van der Waals surface area contributed by atoms with Crippen LogP contribution in [0.2, 0.25) is 0 Å². The minimum atomic E-state index is -1.08. The van der Waals surface area contributed by atoms with E-state index in [1.54, 1.807) is 24.3 Å².